The summed E-state index contributed by atoms with van der Waals surface area (Å²) in [5.41, 5.74) is 5.61. The lowest BCUT2D eigenvalue weighted by Gasteiger charge is -2.24. The fourth-order valence-electron chi connectivity index (χ4n) is 3.25. The SMILES string of the molecule is CPCC(C)(C)Cc1c(-c2ccccc2)[nH]c2ccccc12. The van der Waals surface area contributed by atoms with Gasteiger partial charge < -0.3 is 4.98 Å². The van der Waals surface area contributed by atoms with E-state index in [1.54, 1.807) is 0 Å². The Morgan fingerprint density at radius 2 is 1.64 bits per heavy atom. The van der Waals surface area contributed by atoms with Crippen LogP contribution in [0.25, 0.3) is 22.2 Å². The summed E-state index contributed by atoms with van der Waals surface area (Å²) in [5.74, 6) is 0. The molecule has 0 aliphatic rings. The van der Waals surface area contributed by atoms with Crippen LogP contribution in [-0.4, -0.2) is 17.8 Å². The predicted molar refractivity (Wildman–Crippen MR) is 100 cm³/mol. The molecule has 2 aromatic carbocycles. The Hall–Kier alpha value is -1.59. The summed E-state index contributed by atoms with van der Waals surface area (Å²) in [6.45, 7) is 7.08. The number of fused-ring (bicyclic) bond motifs is 1. The molecule has 0 saturated heterocycles. The highest BCUT2D eigenvalue weighted by Gasteiger charge is 2.22. The van der Waals surface area contributed by atoms with Crippen molar-refractivity contribution in [1.29, 1.82) is 0 Å². The molecule has 1 N–H and O–H groups in total. The van der Waals surface area contributed by atoms with Crippen LogP contribution in [0.2, 0.25) is 0 Å². The number of para-hydroxylation sites is 1. The second-order valence-corrected chi connectivity index (χ2v) is 7.82. The van der Waals surface area contributed by atoms with Gasteiger partial charge in [0.2, 0.25) is 0 Å². The number of aromatic nitrogens is 1. The maximum Gasteiger partial charge on any atom is 0.0497 e. The third kappa shape index (κ3) is 3.10. The molecule has 0 aliphatic carbocycles. The Kier molecular flexibility index (Phi) is 4.36. The van der Waals surface area contributed by atoms with Crippen molar-refractivity contribution in [3.8, 4) is 11.3 Å². The zero-order valence-corrected chi connectivity index (χ0v) is 14.6. The zero-order chi connectivity index (χ0) is 15.6. The first kappa shape index (κ1) is 15.3. The van der Waals surface area contributed by atoms with Gasteiger partial charge in [-0.3, -0.25) is 0 Å². The van der Waals surface area contributed by atoms with Gasteiger partial charge >= 0.3 is 0 Å². The topological polar surface area (TPSA) is 15.8 Å². The molecule has 3 rings (SSSR count). The average molecular weight is 309 g/mol. The normalized spacial score (nSPS) is 12.5. The van der Waals surface area contributed by atoms with Crippen LogP contribution in [0.3, 0.4) is 0 Å². The van der Waals surface area contributed by atoms with Gasteiger partial charge in [0.15, 0.2) is 0 Å². The Morgan fingerprint density at radius 1 is 0.955 bits per heavy atom. The van der Waals surface area contributed by atoms with Crippen LogP contribution in [-0.2, 0) is 6.42 Å². The highest BCUT2D eigenvalue weighted by Crippen LogP contribution is 2.36. The first-order chi connectivity index (χ1) is 10.6. The number of aromatic amines is 1. The molecular formula is C20H24NP. The minimum absolute atomic E-state index is 0.335. The number of hydrogen-bond donors (Lipinski definition) is 1. The molecule has 0 bridgehead atoms. The third-order valence-corrected chi connectivity index (χ3v) is 5.50. The van der Waals surface area contributed by atoms with Crippen LogP contribution in [0.15, 0.2) is 54.6 Å². The van der Waals surface area contributed by atoms with Gasteiger partial charge in [-0.25, -0.2) is 0 Å². The van der Waals surface area contributed by atoms with Crippen molar-refractivity contribution < 1.29 is 0 Å². The molecule has 0 aliphatic heterocycles. The maximum absolute atomic E-state index is 3.65. The molecule has 22 heavy (non-hydrogen) atoms. The number of benzene rings is 2. The van der Waals surface area contributed by atoms with E-state index in [1.165, 1.54) is 33.9 Å². The molecule has 0 spiro atoms. The molecule has 114 valence electrons. The minimum atomic E-state index is 0.335. The van der Waals surface area contributed by atoms with Gasteiger partial charge in [0, 0.05) is 16.6 Å². The molecule has 1 aromatic heterocycles. The molecule has 0 saturated carbocycles. The van der Waals surface area contributed by atoms with Gasteiger partial charge in [0.25, 0.3) is 0 Å². The van der Waals surface area contributed by atoms with E-state index in [0.717, 1.165) is 15.0 Å². The Balaban J connectivity index is 2.14. The number of rotatable bonds is 5. The lowest BCUT2D eigenvalue weighted by Crippen LogP contribution is -2.17. The summed E-state index contributed by atoms with van der Waals surface area (Å²) in [6.07, 6.45) is 2.39. The molecule has 1 unspecified atom stereocenters. The zero-order valence-electron chi connectivity index (χ0n) is 13.6. The molecule has 1 heterocycles. The quantitative estimate of drug-likeness (QED) is 0.581. The monoisotopic (exact) mass is 309 g/mol. The second kappa shape index (κ2) is 6.26. The summed E-state index contributed by atoms with van der Waals surface area (Å²) in [4.78, 5) is 3.65. The summed E-state index contributed by atoms with van der Waals surface area (Å²) in [6, 6.07) is 19.4. The van der Waals surface area contributed by atoms with Gasteiger partial charge in [0.05, 0.1) is 0 Å². The van der Waals surface area contributed by atoms with Gasteiger partial charge in [-0.05, 0) is 41.9 Å². The van der Waals surface area contributed by atoms with E-state index < -0.39 is 0 Å². The van der Waals surface area contributed by atoms with Crippen LogP contribution in [0.1, 0.15) is 19.4 Å². The van der Waals surface area contributed by atoms with Crippen molar-refractivity contribution in [2.45, 2.75) is 20.3 Å². The Bertz CT molecular complexity index is 756. The fourth-order valence-corrected chi connectivity index (χ4v) is 4.34. The van der Waals surface area contributed by atoms with E-state index in [2.05, 4.69) is 80.1 Å². The Morgan fingerprint density at radius 3 is 2.36 bits per heavy atom. The summed E-state index contributed by atoms with van der Waals surface area (Å²) < 4.78 is 0. The van der Waals surface area contributed by atoms with Crippen molar-refractivity contribution in [2.24, 2.45) is 5.41 Å². The first-order valence-corrected chi connectivity index (χ1v) is 9.61. The third-order valence-electron chi connectivity index (χ3n) is 4.19. The molecule has 1 atom stereocenters. The molecule has 1 nitrogen and oxygen atoms in total. The smallest absolute Gasteiger partial charge is 0.0497 e. The highest BCUT2D eigenvalue weighted by atomic mass is 31.1. The van der Waals surface area contributed by atoms with Crippen molar-refractivity contribution in [3.63, 3.8) is 0 Å². The van der Waals surface area contributed by atoms with E-state index in [1.807, 2.05) is 0 Å². The number of H-pyrrole nitrogens is 1. The van der Waals surface area contributed by atoms with Crippen molar-refractivity contribution in [2.75, 3.05) is 12.8 Å². The van der Waals surface area contributed by atoms with Gasteiger partial charge in [-0.15, -0.1) is 8.58 Å². The van der Waals surface area contributed by atoms with E-state index in [-0.39, 0.29) is 0 Å². The van der Waals surface area contributed by atoms with Crippen molar-refractivity contribution in [1.82, 2.24) is 4.98 Å². The van der Waals surface area contributed by atoms with Gasteiger partial charge in [0.1, 0.15) is 0 Å². The van der Waals surface area contributed by atoms with E-state index in [9.17, 15) is 0 Å². The summed E-state index contributed by atoms with van der Waals surface area (Å²) in [7, 11) is 1.00. The summed E-state index contributed by atoms with van der Waals surface area (Å²) >= 11 is 0. The van der Waals surface area contributed by atoms with Crippen LogP contribution < -0.4 is 0 Å². The number of nitrogens with one attached hydrogen (secondary N) is 1. The van der Waals surface area contributed by atoms with Gasteiger partial charge in [-0.2, -0.15) is 0 Å². The standard InChI is InChI=1S/C20H24NP/c1-20(2,14-22-3)13-17-16-11-7-8-12-18(16)21-19(17)15-9-5-4-6-10-15/h4-12,21-22H,13-14H2,1-3H3. The lowest BCUT2D eigenvalue weighted by molar-refractivity contribution is 0.422. The minimum Gasteiger partial charge on any atom is -0.354 e. The Labute approximate surface area is 134 Å². The van der Waals surface area contributed by atoms with Crippen LogP contribution in [0, 0.1) is 5.41 Å². The van der Waals surface area contributed by atoms with Crippen LogP contribution >= 0.6 is 8.58 Å². The van der Waals surface area contributed by atoms with E-state index >= 15 is 0 Å². The average Bonchev–Trinajstić information content (AvgIpc) is 2.86. The maximum atomic E-state index is 3.65. The highest BCUT2D eigenvalue weighted by molar-refractivity contribution is 7.37. The van der Waals surface area contributed by atoms with Crippen molar-refractivity contribution in [3.05, 3.63) is 60.2 Å². The fraction of sp³-hybridized carbons (Fsp3) is 0.300. The molecule has 0 fully saturated rings. The van der Waals surface area contributed by atoms with Crippen LogP contribution in [0.4, 0.5) is 0 Å². The molecular weight excluding hydrogens is 285 g/mol. The summed E-state index contributed by atoms with van der Waals surface area (Å²) in [5, 5.41) is 1.37. The molecule has 0 radical (unpaired) electrons. The molecule has 2 heteroatoms. The van der Waals surface area contributed by atoms with Crippen molar-refractivity contribution >= 4 is 19.5 Å². The van der Waals surface area contributed by atoms with Gasteiger partial charge in [-0.1, -0.05) is 62.4 Å². The predicted octanol–water partition coefficient (Wildman–Crippen LogP) is 5.71. The molecule has 3 aromatic rings. The first-order valence-electron chi connectivity index (χ1n) is 7.90. The van der Waals surface area contributed by atoms with E-state index in [4.69, 9.17) is 0 Å². The van der Waals surface area contributed by atoms with Crippen LogP contribution in [0.5, 0.6) is 0 Å². The lowest BCUT2D eigenvalue weighted by atomic mass is 9.85. The number of hydrogen-bond acceptors (Lipinski definition) is 0. The molecule has 0 amide bonds. The van der Waals surface area contributed by atoms with E-state index in [0.29, 0.717) is 5.41 Å². The second-order valence-electron chi connectivity index (χ2n) is 6.76. The largest absolute Gasteiger partial charge is 0.354 e.